The molecular formula is C11H17O3-. The summed E-state index contributed by atoms with van der Waals surface area (Å²) in [6, 6.07) is 0. The summed E-state index contributed by atoms with van der Waals surface area (Å²) in [7, 11) is 0. The van der Waals surface area contributed by atoms with Gasteiger partial charge in [0.15, 0.2) is 0 Å². The Hall–Kier alpha value is -0.860. The number of ketones is 1. The first-order chi connectivity index (χ1) is 6.23. The van der Waals surface area contributed by atoms with Gasteiger partial charge in [-0.15, -0.1) is 0 Å². The van der Waals surface area contributed by atoms with Crippen LogP contribution in [0.5, 0.6) is 0 Å². The molecule has 0 amide bonds. The molecule has 80 valence electrons. The average Bonchev–Trinajstić information content (AvgIpc) is 2.24. The quantitative estimate of drug-likeness (QED) is 0.657. The molecule has 0 aromatic rings. The number of carboxylic acid groups (broad SMARTS) is 1. The van der Waals surface area contributed by atoms with E-state index in [0.717, 1.165) is 0 Å². The third kappa shape index (κ3) is 1.26. The molecule has 1 aliphatic rings. The molecule has 0 N–H and O–H groups in total. The van der Waals surface area contributed by atoms with Crippen molar-refractivity contribution in [2.45, 2.75) is 40.5 Å². The lowest BCUT2D eigenvalue weighted by Gasteiger charge is -2.40. The monoisotopic (exact) mass is 197 g/mol. The molecule has 3 nitrogen and oxygen atoms in total. The van der Waals surface area contributed by atoms with Crippen LogP contribution in [0.4, 0.5) is 0 Å². The van der Waals surface area contributed by atoms with Gasteiger partial charge in [-0.3, -0.25) is 4.79 Å². The zero-order valence-corrected chi connectivity index (χ0v) is 9.22. The van der Waals surface area contributed by atoms with Gasteiger partial charge in [0, 0.05) is 17.3 Å². The van der Waals surface area contributed by atoms with Gasteiger partial charge in [0.1, 0.15) is 5.78 Å². The van der Waals surface area contributed by atoms with Crippen LogP contribution in [-0.2, 0) is 9.59 Å². The smallest absolute Gasteiger partial charge is 0.136 e. The fraction of sp³-hybridized carbons (Fsp3) is 0.818. The van der Waals surface area contributed by atoms with Crippen LogP contribution >= 0.6 is 0 Å². The highest BCUT2D eigenvalue weighted by Gasteiger charge is 2.54. The number of carbonyl (C=O) groups excluding carboxylic acids is 2. The van der Waals surface area contributed by atoms with Gasteiger partial charge in [0.2, 0.25) is 0 Å². The van der Waals surface area contributed by atoms with Crippen molar-refractivity contribution in [3.8, 4) is 0 Å². The zero-order chi connectivity index (χ0) is 11.1. The Morgan fingerprint density at radius 3 is 2.00 bits per heavy atom. The first-order valence-corrected chi connectivity index (χ1v) is 4.95. The molecule has 0 bridgehead atoms. The predicted octanol–water partition coefficient (Wildman–Crippen LogP) is 0.768. The van der Waals surface area contributed by atoms with Gasteiger partial charge in [0.05, 0.1) is 0 Å². The van der Waals surface area contributed by atoms with Crippen LogP contribution < -0.4 is 5.11 Å². The Labute approximate surface area is 84.5 Å². The van der Waals surface area contributed by atoms with E-state index in [4.69, 9.17) is 0 Å². The molecule has 1 aliphatic carbocycles. The minimum absolute atomic E-state index is 0.0752. The van der Waals surface area contributed by atoms with E-state index in [9.17, 15) is 14.7 Å². The minimum atomic E-state index is -1.03. The minimum Gasteiger partial charge on any atom is -0.550 e. The Morgan fingerprint density at radius 1 is 1.29 bits per heavy atom. The van der Waals surface area contributed by atoms with Crippen LogP contribution in [0.2, 0.25) is 0 Å². The molecule has 0 heterocycles. The first-order valence-electron chi connectivity index (χ1n) is 4.95. The maximum absolute atomic E-state index is 11.5. The second kappa shape index (κ2) is 3.07. The van der Waals surface area contributed by atoms with Crippen molar-refractivity contribution < 1.29 is 14.7 Å². The van der Waals surface area contributed by atoms with Crippen LogP contribution in [-0.4, -0.2) is 11.8 Å². The van der Waals surface area contributed by atoms with Crippen molar-refractivity contribution in [1.29, 1.82) is 0 Å². The van der Waals surface area contributed by atoms with E-state index < -0.39 is 22.7 Å². The molecule has 0 radical (unpaired) electrons. The average molecular weight is 197 g/mol. The van der Waals surface area contributed by atoms with Crippen molar-refractivity contribution >= 4 is 11.8 Å². The van der Waals surface area contributed by atoms with Crippen LogP contribution in [0.25, 0.3) is 0 Å². The van der Waals surface area contributed by atoms with Gasteiger partial charge in [-0.25, -0.2) is 0 Å². The Balaban J connectivity index is 3.08. The largest absolute Gasteiger partial charge is 0.550 e. The van der Waals surface area contributed by atoms with E-state index in [-0.39, 0.29) is 5.78 Å². The van der Waals surface area contributed by atoms with Gasteiger partial charge < -0.3 is 9.90 Å². The van der Waals surface area contributed by atoms with E-state index in [1.54, 1.807) is 6.92 Å². The third-order valence-corrected chi connectivity index (χ3v) is 4.29. The summed E-state index contributed by atoms with van der Waals surface area (Å²) in [5.41, 5.74) is -1.02. The highest BCUT2D eigenvalue weighted by Crippen LogP contribution is 2.56. The van der Waals surface area contributed by atoms with E-state index in [2.05, 4.69) is 0 Å². The summed E-state index contributed by atoms with van der Waals surface area (Å²) in [6.07, 6.45) is 1.19. The second-order valence-corrected chi connectivity index (χ2v) is 5.02. The van der Waals surface area contributed by atoms with E-state index in [1.807, 2.05) is 20.8 Å². The van der Waals surface area contributed by atoms with Crippen LogP contribution in [0, 0.1) is 16.7 Å². The molecule has 0 saturated heterocycles. The SMILES string of the molecule is CC(=O)[C@@]1(C)CC[C@@H](C(=O)[O-])C1(C)C. The summed E-state index contributed by atoms with van der Waals surface area (Å²) >= 11 is 0. The number of carbonyl (C=O) groups is 2. The van der Waals surface area contributed by atoms with Crippen LogP contribution in [0.3, 0.4) is 0 Å². The number of Topliss-reactive ketones (excluding diaryl/α,β-unsaturated/α-hetero) is 1. The number of hydrogen-bond acceptors (Lipinski definition) is 3. The summed E-state index contributed by atoms with van der Waals surface area (Å²) in [6.45, 7) is 7.10. The number of rotatable bonds is 2. The maximum atomic E-state index is 11.5. The Bertz CT molecular complexity index is 280. The van der Waals surface area contributed by atoms with Crippen molar-refractivity contribution in [1.82, 2.24) is 0 Å². The maximum Gasteiger partial charge on any atom is 0.136 e. The molecule has 1 fully saturated rings. The molecule has 14 heavy (non-hydrogen) atoms. The molecule has 3 heteroatoms. The Morgan fingerprint density at radius 2 is 1.79 bits per heavy atom. The summed E-state index contributed by atoms with van der Waals surface area (Å²) in [5.74, 6) is -1.46. The fourth-order valence-corrected chi connectivity index (χ4v) is 2.54. The molecule has 1 rings (SSSR count). The van der Waals surface area contributed by atoms with E-state index in [1.165, 1.54) is 0 Å². The highest BCUT2D eigenvalue weighted by molar-refractivity contribution is 5.85. The second-order valence-electron chi connectivity index (χ2n) is 5.02. The number of aliphatic carboxylic acids is 1. The molecule has 2 atom stereocenters. The van der Waals surface area contributed by atoms with Crippen LogP contribution in [0.1, 0.15) is 40.5 Å². The van der Waals surface area contributed by atoms with Crippen molar-refractivity contribution in [3.05, 3.63) is 0 Å². The zero-order valence-electron chi connectivity index (χ0n) is 9.22. The Kier molecular flexibility index (Phi) is 2.46. The molecule has 1 saturated carbocycles. The number of carboxylic acids is 1. The van der Waals surface area contributed by atoms with Crippen LogP contribution in [0.15, 0.2) is 0 Å². The highest BCUT2D eigenvalue weighted by atomic mass is 16.4. The van der Waals surface area contributed by atoms with Gasteiger partial charge in [-0.05, 0) is 25.2 Å². The molecule has 0 aliphatic heterocycles. The van der Waals surface area contributed by atoms with E-state index >= 15 is 0 Å². The van der Waals surface area contributed by atoms with Gasteiger partial charge in [-0.2, -0.15) is 0 Å². The lowest BCUT2D eigenvalue weighted by atomic mass is 9.64. The first kappa shape index (κ1) is 11.2. The molecule has 0 spiro atoms. The predicted molar refractivity (Wildman–Crippen MR) is 50.3 cm³/mol. The summed E-state index contributed by atoms with van der Waals surface area (Å²) in [4.78, 5) is 22.4. The molecule has 0 aromatic heterocycles. The normalized spacial score (nSPS) is 35.6. The topological polar surface area (TPSA) is 57.2 Å². The van der Waals surface area contributed by atoms with Crippen molar-refractivity contribution in [2.75, 3.05) is 0 Å². The fourth-order valence-electron chi connectivity index (χ4n) is 2.54. The molecular weight excluding hydrogens is 180 g/mol. The lowest BCUT2D eigenvalue weighted by molar-refractivity contribution is -0.314. The summed E-state index contributed by atoms with van der Waals surface area (Å²) < 4.78 is 0. The van der Waals surface area contributed by atoms with Crippen molar-refractivity contribution in [3.63, 3.8) is 0 Å². The van der Waals surface area contributed by atoms with Gasteiger partial charge in [-0.1, -0.05) is 20.8 Å². The third-order valence-electron chi connectivity index (χ3n) is 4.29. The van der Waals surface area contributed by atoms with Crippen molar-refractivity contribution in [2.24, 2.45) is 16.7 Å². The van der Waals surface area contributed by atoms with Gasteiger partial charge in [0.25, 0.3) is 0 Å². The standard InChI is InChI=1S/C11H18O3/c1-7(12)11(4)6-5-8(9(13)14)10(11,2)3/h8H,5-6H2,1-4H3,(H,13,14)/p-1/t8-,11+/m0/s1. The molecule has 0 aromatic carbocycles. The van der Waals surface area contributed by atoms with E-state index in [0.29, 0.717) is 12.8 Å². The van der Waals surface area contributed by atoms with Gasteiger partial charge >= 0.3 is 0 Å². The lowest BCUT2D eigenvalue weighted by Crippen LogP contribution is -2.45. The number of hydrogen-bond donors (Lipinski definition) is 0. The molecule has 0 unspecified atom stereocenters. The summed E-state index contributed by atoms with van der Waals surface area (Å²) in [5, 5.41) is 10.9.